The standard InChI is InChI=1S/C26H21Cl2N3O6S/c1-3-14-10-17(13-22(23(14)28)38(34,35)36)30-31-24-18-7-5-4-6-15(18)11-19(25(24)32)26(33)29-16-8-9-21(37-2)20(27)12-16/h4-13,32H,3H2,1-2H3,(H,29,33)(H,34,35,36). The summed E-state index contributed by atoms with van der Waals surface area (Å²) in [6, 6.07) is 15.7. The van der Waals surface area contributed by atoms with Gasteiger partial charge in [0.2, 0.25) is 0 Å². The van der Waals surface area contributed by atoms with E-state index in [2.05, 4.69) is 15.5 Å². The van der Waals surface area contributed by atoms with E-state index in [-0.39, 0.29) is 22.0 Å². The second-order valence-electron chi connectivity index (χ2n) is 8.09. The number of amides is 1. The van der Waals surface area contributed by atoms with Crippen molar-refractivity contribution in [3.63, 3.8) is 0 Å². The normalized spacial score (nSPS) is 11.7. The van der Waals surface area contributed by atoms with Crippen molar-refractivity contribution in [3.05, 3.63) is 81.8 Å². The van der Waals surface area contributed by atoms with Crippen molar-refractivity contribution in [2.45, 2.75) is 18.2 Å². The number of fused-ring (bicyclic) bond motifs is 1. The molecule has 0 bridgehead atoms. The summed E-state index contributed by atoms with van der Waals surface area (Å²) in [5, 5.41) is 23.3. The number of nitrogens with one attached hydrogen (secondary N) is 1. The summed E-state index contributed by atoms with van der Waals surface area (Å²) < 4.78 is 38.3. The molecule has 0 heterocycles. The minimum Gasteiger partial charge on any atom is -0.505 e. The van der Waals surface area contributed by atoms with Gasteiger partial charge in [0.25, 0.3) is 16.0 Å². The Morgan fingerprint density at radius 1 is 1.05 bits per heavy atom. The number of carbonyl (C=O) groups is 1. The Labute approximate surface area is 228 Å². The average molecular weight is 574 g/mol. The first-order valence-corrected chi connectivity index (χ1v) is 13.3. The molecule has 0 fully saturated rings. The highest BCUT2D eigenvalue weighted by Crippen LogP contribution is 2.40. The molecule has 1 amide bonds. The third-order valence-electron chi connectivity index (χ3n) is 5.67. The van der Waals surface area contributed by atoms with Gasteiger partial charge in [0.05, 0.1) is 28.4 Å². The molecule has 0 spiro atoms. The molecule has 3 N–H and O–H groups in total. The van der Waals surface area contributed by atoms with Crippen molar-refractivity contribution in [2.24, 2.45) is 10.2 Å². The number of hydrogen-bond acceptors (Lipinski definition) is 7. The average Bonchev–Trinajstić information content (AvgIpc) is 2.87. The quantitative estimate of drug-likeness (QED) is 0.156. The fraction of sp³-hybridized carbons (Fsp3) is 0.115. The predicted molar refractivity (Wildman–Crippen MR) is 146 cm³/mol. The smallest absolute Gasteiger partial charge is 0.296 e. The van der Waals surface area contributed by atoms with Gasteiger partial charge in [0, 0.05) is 11.1 Å². The molecule has 0 aromatic heterocycles. The fourth-order valence-corrected chi connectivity index (χ4v) is 5.20. The maximum Gasteiger partial charge on any atom is 0.296 e. The SMILES string of the molecule is CCc1cc(N=Nc2c(O)c(C(=O)Nc3ccc(OC)c(Cl)c3)cc3ccccc23)cc(S(=O)(=O)O)c1Cl. The number of benzene rings is 4. The molecule has 0 radical (unpaired) electrons. The van der Waals surface area contributed by atoms with Crippen molar-refractivity contribution >= 4 is 67.1 Å². The van der Waals surface area contributed by atoms with Gasteiger partial charge in [-0.2, -0.15) is 13.5 Å². The monoisotopic (exact) mass is 573 g/mol. The van der Waals surface area contributed by atoms with Crippen LogP contribution in [-0.2, 0) is 16.5 Å². The van der Waals surface area contributed by atoms with E-state index in [1.54, 1.807) is 43.3 Å². The fourth-order valence-electron chi connectivity index (χ4n) is 3.78. The van der Waals surface area contributed by atoms with E-state index in [0.717, 1.165) is 6.07 Å². The van der Waals surface area contributed by atoms with E-state index in [0.29, 0.717) is 39.2 Å². The molecular weight excluding hydrogens is 553 g/mol. The second kappa shape index (κ2) is 11.0. The molecular formula is C26H21Cl2N3O6S. The van der Waals surface area contributed by atoms with Gasteiger partial charge in [0.1, 0.15) is 16.3 Å². The number of azo groups is 1. The van der Waals surface area contributed by atoms with Gasteiger partial charge in [-0.25, -0.2) is 0 Å². The molecule has 0 saturated carbocycles. The van der Waals surface area contributed by atoms with Crippen LogP contribution in [0.2, 0.25) is 10.0 Å². The molecule has 38 heavy (non-hydrogen) atoms. The van der Waals surface area contributed by atoms with Crippen molar-refractivity contribution in [2.75, 3.05) is 12.4 Å². The number of rotatable bonds is 7. The topological polar surface area (TPSA) is 138 Å². The minimum atomic E-state index is -4.62. The summed E-state index contributed by atoms with van der Waals surface area (Å²) in [6.45, 7) is 1.76. The molecule has 4 rings (SSSR count). The van der Waals surface area contributed by atoms with Crippen LogP contribution >= 0.6 is 23.2 Å². The lowest BCUT2D eigenvalue weighted by Gasteiger charge is -2.12. The number of anilines is 1. The highest BCUT2D eigenvalue weighted by atomic mass is 35.5. The Balaban J connectivity index is 1.79. The number of carbonyl (C=O) groups excluding carboxylic acids is 1. The van der Waals surface area contributed by atoms with Gasteiger partial charge < -0.3 is 15.2 Å². The van der Waals surface area contributed by atoms with E-state index in [4.69, 9.17) is 27.9 Å². The number of aryl methyl sites for hydroxylation is 1. The Kier molecular flexibility index (Phi) is 7.89. The van der Waals surface area contributed by atoms with Crippen molar-refractivity contribution in [1.82, 2.24) is 0 Å². The lowest BCUT2D eigenvalue weighted by molar-refractivity contribution is 0.102. The summed E-state index contributed by atoms with van der Waals surface area (Å²) in [6.07, 6.45) is 0.365. The van der Waals surface area contributed by atoms with Crippen LogP contribution in [0.15, 0.2) is 75.8 Å². The molecule has 12 heteroatoms. The first-order valence-electron chi connectivity index (χ1n) is 11.1. The summed E-state index contributed by atoms with van der Waals surface area (Å²) in [7, 11) is -3.15. The minimum absolute atomic E-state index is 0.0117. The summed E-state index contributed by atoms with van der Waals surface area (Å²) in [4.78, 5) is 12.6. The van der Waals surface area contributed by atoms with Crippen molar-refractivity contribution < 1.29 is 27.6 Å². The third-order valence-corrected chi connectivity index (χ3v) is 7.40. The van der Waals surface area contributed by atoms with Crippen LogP contribution in [0.25, 0.3) is 10.8 Å². The Bertz CT molecular complexity index is 1710. The van der Waals surface area contributed by atoms with Crippen LogP contribution in [-0.4, -0.2) is 31.1 Å². The highest BCUT2D eigenvalue weighted by molar-refractivity contribution is 7.86. The number of phenolic OH excluding ortho intramolecular Hbond substituents is 1. The van der Waals surface area contributed by atoms with Gasteiger partial charge in [-0.15, -0.1) is 5.11 Å². The zero-order chi connectivity index (χ0) is 27.6. The van der Waals surface area contributed by atoms with Crippen LogP contribution in [0.1, 0.15) is 22.8 Å². The van der Waals surface area contributed by atoms with Gasteiger partial charge in [-0.1, -0.05) is 54.4 Å². The predicted octanol–water partition coefficient (Wildman–Crippen LogP) is 7.34. The molecule has 0 aliphatic rings. The molecule has 0 aliphatic heterocycles. The molecule has 4 aromatic carbocycles. The number of phenols is 1. The van der Waals surface area contributed by atoms with Crippen molar-refractivity contribution in [3.8, 4) is 11.5 Å². The summed E-state index contributed by atoms with van der Waals surface area (Å²) in [5.41, 5.74) is 0.791. The maximum absolute atomic E-state index is 13.1. The molecule has 9 nitrogen and oxygen atoms in total. The molecule has 0 saturated heterocycles. The zero-order valence-electron chi connectivity index (χ0n) is 20.1. The van der Waals surface area contributed by atoms with E-state index >= 15 is 0 Å². The number of hydrogen-bond donors (Lipinski definition) is 3. The lowest BCUT2D eigenvalue weighted by atomic mass is 10.0. The Morgan fingerprint density at radius 2 is 1.79 bits per heavy atom. The van der Waals surface area contributed by atoms with Crippen molar-refractivity contribution in [1.29, 1.82) is 0 Å². The first kappa shape index (κ1) is 27.3. The molecule has 196 valence electrons. The molecule has 4 aromatic rings. The van der Waals surface area contributed by atoms with Crippen LogP contribution in [0.5, 0.6) is 11.5 Å². The van der Waals surface area contributed by atoms with Crippen LogP contribution < -0.4 is 10.1 Å². The van der Waals surface area contributed by atoms with Crippen LogP contribution in [0, 0.1) is 0 Å². The highest BCUT2D eigenvalue weighted by Gasteiger charge is 2.21. The summed E-state index contributed by atoms with van der Waals surface area (Å²) in [5.74, 6) is -0.630. The van der Waals surface area contributed by atoms with Gasteiger partial charge in [-0.05, 0) is 53.8 Å². The van der Waals surface area contributed by atoms with E-state index in [1.165, 1.54) is 25.3 Å². The zero-order valence-corrected chi connectivity index (χ0v) is 22.4. The largest absolute Gasteiger partial charge is 0.505 e. The summed E-state index contributed by atoms with van der Waals surface area (Å²) >= 11 is 12.3. The van der Waals surface area contributed by atoms with Gasteiger partial charge in [0.15, 0.2) is 5.75 Å². The number of aromatic hydroxyl groups is 1. The Morgan fingerprint density at radius 3 is 2.45 bits per heavy atom. The Hall–Kier alpha value is -3.70. The molecule has 0 aliphatic carbocycles. The maximum atomic E-state index is 13.1. The second-order valence-corrected chi connectivity index (χ2v) is 10.3. The van der Waals surface area contributed by atoms with Crippen LogP contribution in [0.3, 0.4) is 0 Å². The molecule has 0 unspecified atom stereocenters. The lowest BCUT2D eigenvalue weighted by Crippen LogP contribution is -2.12. The van der Waals surface area contributed by atoms with Crippen LogP contribution in [0.4, 0.5) is 17.1 Å². The van der Waals surface area contributed by atoms with E-state index < -0.39 is 26.7 Å². The van der Waals surface area contributed by atoms with Gasteiger partial charge in [-0.3, -0.25) is 9.35 Å². The third kappa shape index (κ3) is 5.58. The first-order chi connectivity index (χ1) is 18.0. The number of nitrogens with zero attached hydrogens (tertiary/aromatic N) is 2. The molecule has 0 atom stereocenters. The van der Waals surface area contributed by atoms with Gasteiger partial charge >= 0.3 is 0 Å². The number of methoxy groups -OCH3 is 1. The number of halogens is 2. The van der Waals surface area contributed by atoms with E-state index in [1.807, 2.05) is 0 Å². The van der Waals surface area contributed by atoms with E-state index in [9.17, 15) is 22.9 Å². The number of ether oxygens (including phenoxy) is 1.